The van der Waals surface area contributed by atoms with Gasteiger partial charge in [0.2, 0.25) is 0 Å². The van der Waals surface area contributed by atoms with Gasteiger partial charge >= 0.3 is 0 Å². The third-order valence-electron chi connectivity index (χ3n) is 2.27. The second-order valence-corrected chi connectivity index (χ2v) is 4.16. The van der Waals surface area contributed by atoms with Gasteiger partial charge in [-0.05, 0) is 35.4 Å². The van der Waals surface area contributed by atoms with Gasteiger partial charge in [-0.2, -0.15) is 5.26 Å². The average molecular weight is 248 g/mol. The maximum atomic E-state index is 8.76. The summed E-state index contributed by atoms with van der Waals surface area (Å²) in [6.07, 6.45) is 0. The lowest BCUT2D eigenvalue weighted by Crippen LogP contribution is -1.81. The molecule has 0 aliphatic rings. The number of nitrogens with zero attached hydrogens (tertiary/aromatic N) is 1. The van der Waals surface area contributed by atoms with Gasteiger partial charge in [0.15, 0.2) is 0 Å². The van der Waals surface area contributed by atoms with Gasteiger partial charge in [0, 0.05) is 5.02 Å². The van der Waals surface area contributed by atoms with E-state index in [1.165, 1.54) is 0 Å². The van der Waals surface area contributed by atoms with Crippen molar-refractivity contribution in [2.24, 2.45) is 0 Å². The molecule has 2 aromatic carbocycles. The Bertz CT molecular complexity index is 553. The normalized spacial score (nSPS) is 9.81. The van der Waals surface area contributed by atoms with E-state index in [0.717, 1.165) is 11.1 Å². The molecular weight excluding hydrogens is 241 g/mol. The fourth-order valence-electron chi connectivity index (χ4n) is 1.43. The van der Waals surface area contributed by atoms with Crippen molar-refractivity contribution in [2.45, 2.75) is 0 Å². The first-order chi connectivity index (χ1) is 7.70. The maximum absolute atomic E-state index is 8.76. The summed E-state index contributed by atoms with van der Waals surface area (Å²) in [5, 5.41) is 9.93. The average Bonchev–Trinajstić information content (AvgIpc) is 2.30. The summed E-state index contributed by atoms with van der Waals surface area (Å²) in [4.78, 5) is 0. The van der Waals surface area contributed by atoms with Crippen LogP contribution >= 0.6 is 23.2 Å². The molecule has 1 nitrogen and oxygen atoms in total. The Hall–Kier alpha value is -1.49. The number of nitriles is 1. The van der Waals surface area contributed by atoms with Gasteiger partial charge in [0.1, 0.15) is 6.07 Å². The minimum Gasteiger partial charge on any atom is -0.192 e. The third kappa shape index (κ3) is 2.19. The Morgan fingerprint density at radius 1 is 0.875 bits per heavy atom. The van der Waals surface area contributed by atoms with Gasteiger partial charge in [0.05, 0.1) is 10.6 Å². The molecule has 16 heavy (non-hydrogen) atoms. The molecule has 0 atom stereocenters. The van der Waals surface area contributed by atoms with Crippen LogP contribution in [0, 0.1) is 11.3 Å². The summed E-state index contributed by atoms with van der Waals surface area (Å²) in [5.41, 5.74) is 2.48. The monoisotopic (exact) mass is 247 g/mol. The second-order valence-electron chi connectivity index (χ2n) is 3.31. The first-order valence-electron chi connectivity index (χ1n) is 4.66. The molecule has 0 fully saturated rings. The Morgan fingerprint density at radius 3 is 2.06 bits per heavy atom. The van der Waals surface area contributed by atoms with Gasteiger partial charge in [-0.15, -0.1) is 0 Å². The van der Waals surface area contributed by atoms with Crippen molar-refractivity contribution in [3.8, 4) is 17.2 Å². The van der Waals surface area contributed by atoms with Crippen LogP contribution < -0.4 is 0 Å². The second kappa shape index (κ2) is 4.57. The lowest BCUT2D eigenvalue weighted by molar-refractivity contribution is 1.48. The zero-order valence-electron chi connectivity index (χ0n) is 8.24. The molecule has 2 aromatic rings. The van der Waals surface area contributed by atoms with Gasteiger partial charge in [-0.1, -0.05) is 41.4 Å². The predicted molar refractivity (Wildman–Crippen MR) is 66.6 cm³/mol. The van der Waals surface area contributed by atoms with E-state index < -0.39 is 0 Å². The Kier molecular flexibility index (Phi) is 3.14. The first-order valence-corrected chi connectivity index (χ1v) is 5.42. The summed E-state index contributed by atoms with van der Waals surface area (Å²) in [6, 6.07) is 14.9. The van der Waals surface area contributed by atoms with E-state index in [9.17, 15) is 0 Å². The molecule has 0 bridgehead atoms. The van der Waals surface area contributed by atoms with E-state index in [2.05, 4.69) is 0 Å². The maximum Gasteiger partial charge on any atom is 0.101 e. The lowest BCUT2D eigenvalue weighted by atomic mass is 10.0. The van der Waals surface area contributed by atoms with Crippen LogP contribution in [0.4, 0.5) is 0 Å². The molecular formula is C13H7Cl2N. The van der Waals surface area contributed by atoms with Crippen LogP contribution in [0.5, 0.6) is 0 Å². The van der Waals surface area contributed by atoms with Crippen molar-refractivity contribution >= 4 is 23.2 Å². The minimum atomic E-state index is 0.468. The standard InChI is InChI=1S/C13H7Cl2N/c14-12-5-3-9(4-6-12)10-1-2-11(8-16)13(15)7-10/h1-7H. The fraction of sp³-hybridized carbons (Fsp3) is 0. The highest BCUT2D eigenvalue weighted by molar-refractivity contribution is 6.32. The lowest BCUT2D eigenvalue weighted by Gasteiger charge is -2.03. The number of hydrogen-bond acceptors (Lipinski definition) is 1. The van der Waals surface area contributed by atoms with Crippen molar-refractivity contribution < 1.29 is 0 Å². The fourth-order valence-corrected chi connectivity index (χ4v) is 1.78. The number of hydrogen-bond donors (Lipinski definition) is 0. The summed E-state index contributed by atoms with van der Waals surface area (Å²) in [7, 11) is 0. The molecule has 0 amide bonds. The number of rotatable bonds is 1. The Labute approximate surface area is 104 Å². The van der Waals surface area contributed by atoms with Gasteiger partial charge in [-0.25, -0.2) is 0 Å². The van der Waals surface area contributed by atoms with Gasteiger partial charge in [0.25, 0.3) is 0 Å². The summed E-state index contributed by atoms with van der Waals surface area (Å²) < 4.78 is 0. The summed E-state index contributed by atoms with van der Waals surface area (Å²) in [6.45, 7) is 0. The SMILES string of the molecule is N#Cc1ccc(-c2ccc(Cl)cc2)cc1Cl. The van der Waals surface area contributed by atoms with Crippen LogP contribution in [0.25, 0.3) is 11.1 Å². The van der Waals surface area contributed by atoms with Gasteiger partial charge in [-0.3, -0.25) is 0 Å². The quantitative estimate of drug-likeness (QED) is 0.727. The van der Waals surface area contributed by atoms with Crippen molar-refractivity contribution in [3.05, 3.63) is 58.1 Å². The molecule has 0 aliphatic heterocycles. The highest BCUT2D eigenvalue weighted by Crippen LogP contribution is 2.26. The van der Waals surface area contributed by atoms with Crippen LogP contribution in [0.1, 0.15) is 5.56 Å². The Morgan fingerprint density at radius 2 is 1.50 bits per heavy atom. The molecule has 0 aliphatic carbocycles. The van der Waals surface area contributed by atoms with Crippen LogP contribution in [0.3, 0.4) is 0 Å². The summed E-state index contributed by atoms with van der Waals surface area (Å²) >= 11 is 11.8. The first kappa shape index (κ1) is 11.0. The van der Waals surface area contributed by atoms with E-state index in [-0.39, 0.29) is 0 Å². The zero-order valence-corrected chi connectivity index (χ0v) is 9.76. The van der Waals surface area contributed by atoms with E-state index >= 15 is 0 Å². The topological polar surface area (TPSA) is 23.8 Å². The number of halogens is 2. The van der Waals surface area contributed by atoms with E-state index in [1.807, 2.05) is 36.4 Å². The molecule has 2 rings (SSSR count). The molecule has 0 spiro atoms. The molecule has 0 saturated carbocycles. The molecule has 0 aromatic heterocycles. The highest BCUT2D eigenvalue weighted by Gasteiger charge is 2.02. The van der Waals surface area contributed by atoms with Crippen LogP contribution in [0.15, 0.2) is 42.5 Å². The predicted octanol–water partition coefficient (Wildman–Crippen LogP) is 4.53. The molecule has 3 heteroatoms. The number of benzene rings is 2. The Balaban J connectivity index is 2.46. The molecule has 0 saturated heterocycles. The van der Waals surface area contributed by atoms with Gasteiger partial charge < -0.3 is 0 Å². The zero-order chi connectivity index (χ0) is 11.5. The highest BCUT2D eigenvalue weighted by atomic mass is 35.5. The third-order valence-corrected chi connectivity index (χ3v) is 2.83. The van der Waals surface area contributed by atoms with Crippen molar-refractivity contribution in [2.75, 3.05) is 0 Å². The summed E-state index contributed by atoms with van der Waals surface area (Å²) in [5.74, 6) is 0. The van der Waals surface area contributed by atoms with Crippen molar-refractivity contribution in [1.29, 1.82) is 5.26 Å². The van der Waals surface area contributed by atoms with Crippen molar-refractivity contribution in [3.63, 3.8) is 0 Å². The van der Waals surface area contributed by atoms with E-state index in [4.69, 9.17) is 28.5 Å². The van der Waals surface area contributed by atoms with E-state index in [0.29, 0.717) is 15.6 Å². The molecule has 78 valence electrons. The van der Waals surface area contributed by atoms with Crippen LogP contribution in [-0.4, -0.2) is 0 Å². The smallest absolute Gasteiger partial charge is 0.101 e. The largest absolute Gasteiger partial charge is 0.192 e. The van der Waals surface area contributed by atoms with Crippen LogP contribution in [-0.2, 0) is 0 Å². The molecule has 0 unspecified atom stereocenters. The molecule has 0 heterocycles. The molecule has 0 radical (unpaired) electrons. The van der Waals surface area contributed by atoms with Crippen molar-refractivity contribution in [1.82, 2.24) is 0 Å². The molecule has 0 N–H and O–H groups in total. The minimum absolute atomic E-state index is 0.468. The van der Waals surface area contributed by atoms with E-state index in [1.54, 1.807) is 12.1 Å². The van der Waals surface area contributed by atoms with Crippen LogP contribution in [0.2, 0.25) is 10.0 Å².